The zero-order valence-electron chi connectivity index (χ0n) is 16.6. The summed E-state index contributed by atoms with van der Waals surface area (Å²) in [5.41, 5.74) is 7.69. The predicted molar refractivity (Wildman–Crippen MR) is 107 cm³/mol. The monoisotopic (exact) mass is 404 g/mol. The van der Waals surface area contributed by atoms with Gasteiger partial charge in [0.05, 0.1) is 6.04 Å². The van der Waals surface area contributed by atoms with Gasteiger partial charge in [-0.15, -0.1) is 0 Å². The number of alkyl halides is 3. The van der Waals surface area contributed by atoms with Crippen molar-refractivity contribution in [3.63, 3.8) is 0 Å². The van der Waals surface area contributed by atoms with Gasteiger partial charge < -0.3 is 16.0 Å². The molecular weight excluding hydrogens is 381 g/mol. The van der Waals surface area contributed by atoms with Crippen molar-refractivity contribution < 1.29 is 18.0 Å². The molecule has 3 rings (SSSR count). The summed E-state index contributed by atoms with van der Waals surface area (Å²) in [6.07, 6.45) is -3.02. The third-order valence-corrected chi connectivity index (χ3v) is 4.84. The Balaban J connectivity index is 1.95. The summed E-state index contributed by atoms with van der Waals surface area (Å²) in [5.74, 6) is -0.295. The first kappa shape index (κ1) is 20.9. The summed E-state index contributed by atoms with van der Waals surface area (Å²) in [4.78, 5) is 18.7. The molecule has 0 unspecified atom stereocenters. The Morgan fingerprint density at radius 3 is 2.41 bits per heavy atom. The molecule has 0 bridgehead atoms. The van der Waals surface area contributed by atoms with E-state index in [1.54, 1.807) is 24.3 Å². The van der Waals surface area contributed by atoms with E-state index >= 15 is 0 Å². The van der Waals surface area contributed by atoms with Crippen LogP contribution in [0.5, 0.6) is 0 Å². The lowest BCUT2D eigenvalue weighted by molar-refractivity contribution is -0.140. The van der Waals surface area contributed by atoms with Gasteiger partial charge in [0.1, 0.15) is 11.3 Å². The van der Waals surface area contributed by atoms with Crippen molar-refractivity contribution in [2.75, 3.05) is 5.32 Å². The van der Waals surface area contributed by atoms with Crippen LogP contribution >= 0.6 is 0 Å². The lowest BCUT2D eigenvalue weighted by atomic mass is 9.87. The first-order chi connectivity index (χ1) is 13.4. The third-order valence-electron chi connectivity index (χ3n) is 4.84. The summed E-state index contributed by atoms with van der Waals surface area (Å²) >= 11 is 0. The molecule has 4 N–H and O–H groups in total. The Labute approximate surface area is 166 Å². The smallest absolute Gasteiger partial charge is 0.336 e. The average Bonchev–Trinajstić information content (AvgIpc) is 3.05. The van der Waals surface area contributed by atoms with Gasteiger partial charge in [0, 0.05) is 17.3 Å². The molecule has 3 aromatic rings. The Hall–Kier alpha value is -2.87. The first-order valence-corrected chi connectivity index (χ1v) is 9.10. The maximum Gasteiger partial charge on any atom is 0.431 e. The molecule has 8 heteroatoms. The molecule has 154 valence electrons. The summed E-state index contributed by atoms with van der Waals surface area (Å²) < 4.78 is 39.2. The van der Waals surface area contributed by atoms with Crippen LogP contribution in [-0.2, 0) is 11.0 Å². The van der Waals surface area contributed by atoms with E-state index in [0.29, 0.717) is 16.6 Å². The molecule has 0 saturated carbocycles. The molecule has 0 aliphatic heterocycles. The Morgan fingerprint density at radius 1 is 1.14 bits per heavy atom. The van der Waals surface area contributed by atoms with Gasteiger partial charge in [-0.25, -0.2) is 4.98 Å². The highest BCUT2D eigenvalue weighted by Gasteiger charge is 2.33. The SMILES string of the molecule is Cc1cc(NC(=O)[C@H](N)C(C)(C)C)ccc1-c1ccnc2[nH]c(C(F)(F)F)cc12. The second kappa shape index (κ2) is 7.18. The third kappa shape index (κ3) is 4.27. The molecule has 5 nitrogen and oxygen atoms in total. The topological polar surface area (TPSA) is 83.8 Å². The number of nitrogens with one attached hydrogen (secondary N) is 2. The van der Waals surface area contributed by atoms with E-state index in [0.717, 1.165) is 17.2 Å². The van der Waals surface area contributed by atoms with Crippen molar-refractivity contribution in [1.29, 1.82) is 0 Å². The second-order valence-electron chi connectivity index (χ2n) is 8.16. The number of H-pyrrole nitrogens is 1. The number of nitrogens with zero attached hydrogens (tertiary/aromatic N) is 1. The average molecular weight is 404 g/mol. The van der Waals surface area contributed by atoms with Gasteiger partial charge >= 0.3 is 6.18 Å². The van der Waals surface area contributed by atoms with Crippen LogP contribution in [0.4, 0.5) is 18.9 Å². The molecule has 2 heterocycles. The van der Waals surface area contributed by atoms with Crippen molar-refractivity contribution in [3.05, 3.63) is 47.8 Å². The standard InChI is InChI=1S/C21H23F3N4O/c1-11-9-12(27-19(29)17(25)20(2,3)4)5-6-13(11)14-7-8-26-18-15(14)10-16(28-18)21(22,23)24/h5-10,17H,25H2,1-4H3,(H,26,28)(H,27,29)/t17-/m0/s1. The summed E-state index contributed by atoms with van der Waals surface area (Å²) in [6, 6.07) is 7.30. The number of aromatic amines is 1. The number of amides is 1. The molecule has 0 spiro atoms. The first-order valence-electron chi connectivity index (χ1n) is 9.10. The molecule has 29 heavy (non-hydrogen) atoms. The normalized spacial score (nSPS) is 13.5. The van der Waals surface area contributed by atoms with Gasteiger partial charge in [-0.1, -0.05) is 26.8 Å². The van der Waals surface area contributed by atoms with Gasteiger partial charge in [-0.2, -0.15) is 13.2 Å². The zero-order valence-corrected chi connectivity index (χ0v) is 16.6. The van der Waals surface area contributed by atoms with Crippen LogP contribution in [0.25, 0.3) is 22.2 Å². The van der Waals surface area contributed by atoms with Crippen LogP contribution in [0.15, 0.2) is 36.5 Å². The van der Waals surface area contributed by atoms with E-state index in [1.807, 2.05) is 27.7 Å². The van der Waals surface area contributed by atoms with Crippen molar-refractivity contribution in [1.82, 2.24) is 9.97 Å². The minimum atomic E-state index is -4.48. The molecular formula is C21H23F3N4O. The van der Waals surface area contributed by atoms with Gasteiger partial charge in [0.25, 0.3) is 0 Å². The fourth-order valence-electron chi connectivity index (χ4n) is 3.07. The van der Waals surface area contributed by atoms with E-state index in [-0.39, 0.29) is 17.0 Å². The number of benzene rings is 1. The number of pyridine rings is 1. The lowest BCUT2D eigenvalue weighted by Gasteiger charge is -2.26. The van der Waals surface area contributed by atoms with Gasteiger partial charge in [0.15, 0.2) is 0 Å². The fourth-order valence-corrected chi connectivity index (χ4v) is 3.07. The van der Waals surface area contributed by atoms with Crippen LogP contribution in [0.3, 0.4) is 0 Å². The Kier molecular flexibility index (Phi) is 5.17. The highest BCUT2D eigenvalue weighted by Crippen LogP contribution is 2.36. The van der Waals surface area contributed by atoms with Crippen LogP contribution in [0.2, 0.25) is 0 Å². The van der Waals surface area contributed by atoms with Gasteiger partial charge in [0.2, 0.25) is 5.91 Å². The molecule has 1 atom stereocenters. The summed E-state index contributed by atoms with van der Waals surface area (Å²) in [7, 11) is 0. The number of hydrogen-bond donors (Lipinski definition) is 3. The number of carbonyl (C=O) groups is 1. The number of aryl methyl sites for hydroxylation is 1. The number of rotatable bonds is 3. The van der Waals surface area contributed by atoms with Gasteiger partial charge in [-0.3, -0.25) is 4.79 Å². The molecule has 1 amide bonds. The Morgan fingerprint density at radius 2 is 1.83 bits per heavy atom. The number of hydrogen-bond acceptors (Lipinski definition) is 3. The van der Waals surface area contributed by atoms with Crippen LogP contribution in [0.1, 0.15) is 32.0 Å². The van der Waals surface area contributed by atoms with E-state index < -0.39 is 17.9 Å². The maximum atomic E-state index is 13.1. The van der Waals surface area contributed by atoms with Crippen LogP contribution in [0, 0.1) is 12.3 Å². The highest BCUT2D eigenvalue weighted by molar-refractivity contribution is 5.97. The van der Waals surface area contributed by atoms with Crippen molar-refractivity contribution >= 4 is 22.6 Å². The van der Waals surface area contributed by atoms with Crippen LogP contribution in [-0.4, -0.2) is 21.9 Å². The number of aromatic nitrogens is 2. The van der Waals surface area contributed by atoms with Crippen LogP contribution < -0.4 is 11.1 Å². The minimum absolute atomic E-state index is 0.169. The molecule has 2 aromatic heterocycles. The minimum Gasteiger partial charge on any atom is -0.336 e. The number of nitrogens with two attached hydrogens (primary N) is 1. The van der Waals surface area contributed by atoms with E-state index in [4.69, 9.17) is 5.73 Å². The second-order valence-corrected chi connectivity index (χ2v) is 8.16. The molecule has 0 radical (unpaired) electrons. The van der Waals surface area contributed by atoms with E-state index in [2.05, 4.69) is 15.3 Å². The lowest BCUT2D eigenvalue weighted by Crippen LogP contribution is -2.45. The number of halogens is 3. The summed E-state index contributed by atoms with van der Waals surface area (Å²) in [6.45, 7) is 7.48. The largest absolute Gasteiger partial charge is 0.431 e. The van der Waals surface area contributed by atoms with Crippen molar-refractivity contribution in [2.24, 2.45) is 11.1 Å². The quantitative estimate of drug-likeness (QED) is 0.582. The zero-order chi connectivity index (χ0) is 21.6. The fraction of sp³-hybridized carbons (Fsp3) is 0.333. The maximum absolute atomic E-state index is 13.1. The van der Waals surface area contributed by atoms with E-state index in [9.17, 15) is 18.0 Å². The molecule has 1 aromatic carbocycles. The molecule has 0 saturated heterocycles. The van der Waals surface area contributed by atoms with Crippen molar-refractivity contribution in [3.8, 4) is 11.1 Å². The van der Waals surface area contributed by atoms with Crippen molar-refractivity contribution in [2.45, 2.75) is 39.9 Å². The predicted octanol–water partition coefficient (Wildman–Crippen LogP) is 4.87. The highest BCUT2D eigenvalue weighted by atomic mass is 19.4. The number of carbonyl (C=O) groups excluding carboxylic acids is 1. The Bertz CT molecular complexity index is 1060. The molecule has 0 fully saturated rings. The van der Waals surface area contributed by atoms with Gasteiger partial charge in [-0.05, 0) is 53.3 Å². The summed E-state index contributed by atoms with van der Waals surface area (Å²) in [5, 5.41) is 3.18. The number of fused-ring (bicyclic) bond motifs is 1. The van der Waals surface area contributed by atoms with E-state index in [1.165, 1.54) is 6.20 Å². The molecule has 0 aliphatic carbocycles. The molecule has 0 aliphatic rings. The number of anilines is 1.